The molecular weight excluding hydrogens is 188 g/mol. The van der Waals surface area contributed by atoms with Gasteiger partial charge in [-0.1, -0.05) is 0 Å². The van der Waals surface area contributed by atoms with Crippen LogP contribution >= 0.6 is 11.3 Å². The second-order valence-electron chi connectivity index (χ2n) is 3.00. The predicted octanol–water partition coefficient (Wildman–Crippen LogP) is 1.57. The summed E-state index contributed by atoms with van der Waals surface area (Å²) in [5.74, 6) is 0. The highest BCUT2D eigenvalue weighted by atomic mass is 32.1. The number of ether oxygens (including phenoxy) is 1. The first-order valence-electron chi connectivity index (χ1n) is 4.00. The molecule has 13 heavy (non-hydrogen) atoms. The summed E-state index contributed by atoms with van der Waals surface area (Å²) >= 11 is 1.59. The molecule has 5 heteroatoms. The minimum Gasteiger partial charge on any atom is -0.447 e. The average molecular weight is 198 g/mol. The monoisotopic (exact) mass is 198 g/mol. The summed E-state index contributed by atoms with van der Waals surface area (Å²) in [6.45, 7) is 2.37. The Kier molecular flexibility index (Phi) is 1.95. The molecule has 1 aliphatic rings. The van der Waals surface area contributed by atoms with Crippen molar-refractivity contribution in [1.82, 2.24) is 9.88 Å². The van der Waals surface area contributed by atoms with Crippen LogP contribution in [0.2, 0.25) is 0 Å². The summed E-state index contributed by atoms with van der Waals surface area (Å²) in [6.07, 6.45) is -0.268. The molecule has 1 amide bonds. The second-order valence-corrected chi connectivity index (χ2v) is 4.06. The first-order valence-corrected chi connectivity index (χ1v) is 4.88. The van der Waals surface area contributed by atoms with Crippen LogP contribution in [-0.4, -0.2) is 29.6 Å². The highest BCUT2D eigenvalue weighted by Gasteiger charge is 2.32. The van der Waals surface area contributed by atoms with Crippen molar-refractivity contribution in [3.63, 3.8) is 0 Å². The largest absolute Gasteiger partial charge is 0.447 e. The highest BCUT2D eigenvalue weighted by Crippen LogP contribution is 2.26. The maximum absolute atomic E-state index is 11.0. The number of aryl methyl sites for hydroxylation is 1. The summed E-state index contributed by atoms with van der Waals surface area (Å²) < 4.78 is 4.89. The number of cyclic esters (lactones) is 1. The normalized spacial score (nSPS) is 22.2. The van der Waals surface area contributed by atoms with Gasteiger partial charge < -0.3 is 4.74 Å². The molecule has 0 spiro atoms. The van der Waals surface area contributed by atoms with E-state index in [0.29, 0.717) is 6.61 Å². The number of carbonyl (C=O) groups excluding carboxylic acids is 1. The molecule has 70 valence electrons. The fourth-order valence-corrected chi connectivity index (χ4v) is 1.97. The molecule has 0 bridgehead atoms. The summed E-state index contributed by atoms with van der Waals surface area (Å²) in [4.78, 5) is 16.9. The number of amides is 1. The number of nitrogens with zero attached hydrogens (tertiary/aromatic N) is 2. The van der Waals surface area contributed by atoms with E-state index < -0.39 is 0 Å². The SMILES string of the molecule is Cc1nc(C2COC(=O)N2C)cs1. The minimum absolute atomic E-state index is 0.00236. The third kappa shape index (κ3) is 1.39. The standard InChI is InChI=1S/C8H10N2O2S/c1-5-9-6(4-13-5)7-3-12-8(11)10(7)2/h4,7H,3H2,1-2H3. The molecule has 1 saturated heterocycles. The van der Waals surface area contributed by atoms with Crippen molar-refractivity contribution in [2.75, 3.05) is 13.7 Å². The van der Waals surface area contributed by atoms with Gasteiger partial charge in [0.2, 0.25) is 0 Å². The van der Waals surface area contributed by atoms with Gasteiger partial charge >= 0.3 is 6.09 Å². The summed E-state index contributed by atoms with van der Waals surface area (Å²) in [7, 11) is 1.73. The molecule has 1 unspecified atom stereocenters. The van der Waals surface area contributed by atoms with Crippen molar-refractivity contribution in [2.24, 2.45) is 0 Å². The molecule has 1 aromatic heterocycles. The maximum Gasteiger partial charge on any atom is 0.410 e. The van der Waals surface area contributed by atoms with Crippen molar-refractivity contribution in [3.8, 4) is 0 Å². The van der Waals surface area contributed by atoms with Crippen LogP contribution < -0.4 is 0 Å². The summed E-state index contributed by atoms with van der Waals surface area (Å²) in [6, 6.07) is -0.00236. The first-order chi connectivity index (χ1) is 6.18. The quantitative estimate of drug-likeness (QED) is 0.688. The molecule has 1 atom stereocenters. The van der Waals surface area contributed by atoms with Gasteiger partial charge in [0.15, 0.2) is 0 Å². The van der Waals surface area contributed by atoms with E-state index in [9.17, 15) is 4.79 Å². The van der Waals surface area contributed by atoms with E-state index in [4.69, 9.17) is 4.74 Å². The second kappa shape index (κ2) is 2.99. The average Bonchev–Trinajstić information content (AvgIpc) is 2.62. The molecule has 1 fully saturated rings. The zero-order valence-electron chi connectivity index (χ0n) is 7.48. The fraction of sp³-hybridized carbons (Fsp3) is 0.500. The van der Waals surface area contributed by atoms with Crippen molar-refractivity contribution >= 4 is 17.4 Å². The summed E-state index contributed by atoms with van der Waals surface area (Å²) in [5, 5.41) is 2.99. The molecule has 0 aromatic carbocycles. The van der Waals surface area contributed by atoms with E-state index in [1.165, 1.54) is 0 Å². The Labute approximate surface area is 80.1 Å². The van der Waals surface area contributed by atoms with Crippen molar-refractivity contribution < 1.29 is 9.53 Å². The van der Waals surface area contributed by atoms with Gasteiger partial charge in [-0.25, -0.2) is 9.78 Å². The topological polar surface area (TPSA) is 42.4 Å². The van der Waals surface area contributed by atoms with Crippen molar-refractivity contribution in [1.29, 1.82) is 0 Å². The van der Waals surface area contributed by atoms with Crippen LogP contribution in [0.1, 0.15) is 16.7 Å². The Hall–Kier alpha value is -1.10. The van der Waals surface area contributed by atoms with Crippen molar-refractivity contribution in [2.45, 2.75) is 13.0 Å². The number of hydrogen-bond acceptors (Lipinski definition) is 4. The third-order valence-corrected chi connectivity index (χ3v) is 2.89. The molecule has 0 N–H and O–H groups in total. The minimum atomic E-state index is -0.268. The van der Waals surface area contributed by atoms with E-state index in [2.05, 4.69) is 4.98 Å². The van der Waals surface area contributed by atoms with Crippen LogP contribution in [0.15, 0.2) is 5.38 Å². The Morgan fingerprint density at radius 1 is 1.77 bits per heavy atom. The van der Waals surface area contributed by atoms with E-state index in [-0.39, 0.29) is 12.1 Å². The highest BCUT2D eigenvalue weighted by molar-refractivity contribution is 7.09. The molecular formula is C8H10N2O2S. The van der Waals surface area contributed by atoms with Crippen LogP contribution in [0.5, 0.6) is 0 Å². The number of hydrogen-bond donors (Lipinski definition) is 0. The van der Waals surface area contributed by atoms with Gasteiger partial charge in [-0.05, 0) is 6.92 Å². The van der Waals surface area contributed by atoms with Gasteiger partial charge in [0.1, 0.15) is 12.6 Å². The predicted molar refractivity (Wildman–Crippen MR) is 48.7 cm³/mol. The Balaban J connectivity index is 2.23. The number of likely N-dealkylation sites (N-methyl/N-ethyl adjacent to an activating group) is 1. The van der Waals surface area contributed by atoms with Crippen molar-refractivity contribution in [3.05, 3.63) is 16.1 Å². The zero-order chi connectivity index (χ0) is 9.42. The molecule has 4 nitrogen and oxygen atoms in total. The lowest BCUT2D eigenvalue weighted by Gasteiger charge is -2.12. The van der Waals surface area contributed by atoms with Crippen LogP contribution in [0, 0.1) is 6.92 Å². The number of rotatable bonds is 1. The van der Waals surface area contributed by atoms with E-state index in [1.807, 2.05) is 12.3 Å². The zero-order valence-corrected chi connectivity index (χ0v) is 8.30. The van der Waals surface area contributed by atoms with Crippen LogP contribution in [0.3, 0.4) is 0 Å². The fourth-order valence-electron chi connectivity index (χ4n) is 1.31. The molecule has 1 aliphatic heterocycles. The number of thiazole rings is 1. The van der Waals surface area contributed by atoms with Gasteiger partial charge in [-0.2, -0.15) is 0 Å². The summed E-state index contributed by atoms with van der Waals surface area (Å²) in [5.41, 5.74) is 0.927. The van der Waals surface area contributed by atoms with E-state index in [1.54, 1.807) is 23.3 Å². The van der Waals surface area contributed by atoms with Gasteiger partial charge in [-0.15, -0.1) is 11.3 Å². The molecule has 2 rings (SSSR count). The lowest BCUT2D eigenvalue weighted by molar-refractivity contribution is 0.163. The van der Waals surface area contributed by atoms with Crippen LogP contribution in [0.4, 0.5) is 4.79 Å². The number of carbonyl (C=O) groups is 1. The third-order valence-electron chi connectivity index (χ3n) is 2.10. The van der Waals surface area contributed by atoms with E-state index in [0.717, 1.165) is 10.7 Å². The van der Waals surface area contributed by atoms with Crippen LogP contribution in [-0.2, 0) is 4.74 Å². The maximum atomic E-state index is 11.0. The van der Waals surface area contributed by atoms with Crippen LogP contribution in [0.25, 0.3) is 0 Å². The Morgan fingerprint density at radius 2 is 2.54 bits per heavy atom. The molecule has 0 saturated carbocycles. The lowest BCUT2D eigenvalue weighted by atomic mass is 10.2. The molecule has 2 heterocycles. The van der Waals surface area contributed by atoms with Gasteiger partial charge in [0.05, 0.1) is 10.7 Å². The first kappa shape index (κ1) is 8.50. The molecule has 0 aliphatic carbocycles. The Morgan fingerprint density at radius 3 is 3.00 bits per heavy atom. The molecule has 1 aromatic rings. The lowest BCUT2D eigenvalue weighted by Crippen LogP contribution is -2.22. The smallest absolute Gasteiger partial charge is 0.410 e. The van der Waals surface area contributed by atoms with Gasteiger partial charge in [-0.3, -0.25) is 4.90 Å². The number of aromatic nitrogens is 1. The Bertz CT molecular complexity index is 337. The molecule has 0 radical (unpaired) electrons. The van der Waals surface area contributed by atoms with Gasteiger partial charge in [0, 0.05) is 12.4 Å². The van der Waals surface area contributed by atoms with E-state index >= 15 is 0 Å². The van der Waals surface area contributed by atoms with Gasteiger partial charge in [0.25, 0.3) is 0 Å².